The second kappa shape index (κ2) is 8.49. The first-order chi connectivity index (χ1) is 12.5. The number of thiophene rings is 1. The molecule has 1 heterocycles. The fraction of sp³-hybridized carbons (Fsp3) is 0.0667. The Labute approximate surface area is 173 Å². The molecule has 0 fully saturated rings. The smallest absolute Gasteiger partial charge is 0.269 e. The van der Waals surface area contributed by atoms with Gasteiger partial charge in [-0.2, -0.15) is 0 Å². The van der Waals surface area contributed by atoms with Crippen molar-refractivity contribution in [2.45, 2.75) is 11.8 Å². The van der Waals surface area contributed by atoms with Crippen molar-refractivity contribution in [3.05, 3.63) is 49.6 Å². The van der Waals surface area contributed by atoms with Gasteiger partial charge in [-0.25, -0.2) is 8.42 Å². The Bertz CT molecular complexity index is 1030. The van der Waals surface area contributed by atoms with Crippen molar-refractivity contribution in [2.75, 3.05) is 10.0 Å². The third kappa shape index (κ3) is 5.14. The zero-order valence-electron chi connectivity index (χ0n) is 13.4. The van der Waals surface area contributed by atoms with E-state index in [1.54, 1.807) is 6.92 Å². The molecule has 0 atom stereocenters. The molecular formula is C15H10Cl3N2O5S2-. The van der Waals surface area contributed by atoms with Crippen LogP contribution in [-0.2, 0) is 14.8 Å². The Hall–Kier alpha value is -1.78. The van der Waals surface area contributed by atoms with Crippen LogP contribution in [0, 0.1) is 6.92 Å². The Balaban J connectivity index is 2.24. The van der Waals surface area contributed by atoms with Gasteiger partial charge in [-0.05, 0) is 42.1 Å². The summed E-state index contributed by atoms with van der Waals surface area (Å²) in [7, 11) is -4.06. The normalized spacial score (nSPS) is 11.0. The molecular weight excluding hydrogens is 459 g/mol. The van der Waals surface area contributed by atoms with Crippen molar-refractivity contribution in [3.63, 3.8) is 0 Å². The maximum Gasteiger partial charge on any atom is 0.269 e. The van der Waals surface area contributed by atoms with Gasteiger partial charge >= 0.3 is 0 Å². The molecule has 0 aliphatic heterocycles. The van der Waals surface area contributed by atoms with E-state index in [1.165, 1.54) is 29.6 Å². The number of carbonyl (C=O) groups excluding carboxylic acids is 2. The quantitative estimate of drug-likeness (QED) is 0.632. The summed E-state index contributed by atoms with van der Waals surface area (Å²) in [5.41, 5.74) is 0.644. The second-order valence-corrected chi connectivity index (χ2v) is 8.96. The van der Waals surface area contributed by atoms with Crippen molar-refractivity contribution >= 4 is 79.4 Å². The summed E-state index contributed by atoms with van der Waals surface area (Å²) >= 11 is 17.3. The van der Waals surface area contributed by atoms with E-state index in [2.05, 4.69) is 10.0 Å². The third-order valence-electron chi connectivity index (χ3n) is 3.18. The zero-order chi connectivity index (χ0) is 20.4. The summed E-state index contributed by atoms with van der Waals surface area (Å²) in [6.07, 6.45) is 0. The molecule has 0 aliphatic rings. The predicted octanol–water partition coefficient (Wildman–Crippen LogP) is 3.04. The molecule has 2 rings (SSSR count). The van der Waals surface area contributed by atoms with Crippen LogP contribution in [0.15, 0.2) is 44.1 Å². The standard InChI is InChI=1S/C15H11Cl3N2O5S2/c1-7-6-26-12(15(22)23)11(7)20-27(24,25)9-4-2-8(3-5-9)19-14(21)10(16)13(17)18/h2-6,20H,1H3,(H,19,21)(H,22,23)/p-1. The summed E-state index contributed by atoms with van der Waals surface area (Å²) in [4.78, 5) is 22.5. The molecule has 0 bridgehead atoms. The third-order valence-corrected chi connectivity index (χ3v) is 6.56. The number of carboxylic acid groups (broad SMARTS) is 1. The van der Waals surface area contributed by atoms with Crippen molar-refractivity contribution in [3.8, 4) is 0 Å². The number of aromatic carboxylic acids is 1. The highest BCUT2D eigenvalue weighted by Gasteiger charge is 2.19. The Kier molecular flexibility index (Phi) is 6.77. The molecule has 27 heavy (non-hydrogen) atoms. The molecule has 12 heteroatoms. The fourth-order valence-corrected chi connectivity index (χ4v) is 4.17. The number of carboxylic acids is 1. The maximum atomic E-state index is 12.5. The fourth-order valence-electron chi connectivity index (χ4n) is 1.90. The predicted molar refractivity (Wildman–Crippen MR) is 104 cm³/mol. The number of aryl methyl sites for hydroxylation is 1. The molecule has 2 N–H and O–H groups in total. The minimum atomic E-state index is -4.06. The van der Waals surface area contributed by atoms with E-state index >= 15 is 0 Å². The minimum absolute atomic E-state index is 0.0500. The topological polar surface area (TPSA) is 115 Å². The van der Waals surface area contributed by atoms with Crippen LogP contribution in [0.25, 0.3) is 0 Å². The number of nitrogens with one attached hydrogen (secondary N) is 2. The first kappa shape index (κ1) is 21.5. The molecule has 0 saturated heterocycles. The van der Waals surface area contributed by atoms with Gasteiger partial charge in [0, 0.05) is 5.69 Å². The lowest BCUT2D eigenvalue weighted by Crippen LogP contribution is -2.23. The van der Waals surface area contributed by atoms with E-state index in [1.807, 2.05) is 0 Å². The van der Waals surface area contributed by atoms with E-state index in [9.17, 15) is 23.1 Å². The van der Waals surface area contributed by atoms with Crippen LogP contribution in [-0.4, -0.2) is 20.3 Å². The average Bonchev–Trinajstić information content (AvgIpc) is 2.94. The molecule has 0 radical (unpaired) electrons. The molecule has 144 valence electrons. The van der Waals surface area contributed by atoms with Gasteiger partial charge in [0.2, 0.25) is 0 Å². The van der Waals surface area contributed by atoms with E-state index in [0.29, 0.717) is 5.56 Å². The summed E-state index contributed by atoms with van der Waals surface area (Å²) in [5, 5.41) is 14.6. The first-order valence-corrected chi connectivity index (χ1v) is 10.5. The molecule has 0 saturated carbocycles. The van der Waals surface area contributed by atoms with Crippen LogP contribution in [0.4, 0.5) is 11.4 Å². The largest absolute Gasteiger partial charge is 0.544 e. The van der Waals surface area contributed by atoms with Gasteiger partial charge in [0.15, 0.2) is 0 Å². The lowest BCUT2D eigenvalue weighted by molar-refractivity contribution is -0.254. The van der Waals surface area contributed by atoms with Crippen LogP contribution in [0.1, 0.15) is 15.2 Å². The molecule has 1 amide bonds. The van der Waals surface area contributed by atoms with Gasteiger partial charge in [-0.1, -0.05) is 34.8 Å². The van der Waals surface area contributed by atoms with E-state index in [-0.39, 0.29) is 21.1 Å². The molecule has 2 aromatic rings. The molecule has 1 aromatic heterocycles. The van der Waals surface area contributed by atoms with Crippen molar-refractivity contribution < 1.29 is 23.1 Å². The highest BCUT2D eigenvalue weighted by molar-refractivity contribution is 7.92. The van der Waals surface area contributed by atoms with E-state index in [0.717, 1.165) is 11.3 Å². The summed E-state index contributed by atoms with van der Waals surface area (Å²) < 4.78 is 26.8. The number of carbonyl (C=O) groups is 2. The van der Waals surface area contributed by atoms with Crippen LogP contribution < -0.4 is 15.1 Å². The van der Waals surface area contributed by atoms with Crippen LogP contribution in [0.5, 0.6) is 0 Å². The van der Waals surface area contributed by atoms with Gasteiger partial charge in [0.1, 0.15) is 9.52 Å². The van der Waals surface area contributed by atoms with E-state index in [4.69, 9.17) is 34.8 Å². The molecule has 1 aromatic carbocycles. The highest BCUT2D eigenvalue weighted by Crippen LogP contribution is 2.29. The average molecular weight is 469 g/mol. The lowest BCUT2D eigenvalue weighted by Gasteiger charge is -2.11. The maximum absolute atomic E-state index is 12.5. The summed E-state index contributed by atoms with van der Waals surface area (Å²) in [6.45, 7) is 1.57. The minimum Gasteiger partial charge on any atom is -0.544 e. The number of hydrogen-bond acceptors (Lipinski definition) is 6. The van der Waals surface area contributed by atoms with Gasteiger partial charge in [0.25, 0.3) is 15.9 Å². The van der Waals surface area contributed by atoms with Crippen molar-refractivity contribution in [2.24, 2.45) is 0 Å². The SMILES string of the molecule is Cc1csc(C(=O)[O-])c1NS(=O)(=O)c1ccc(NC(=O)C(Cl)=C(Cl)Cl)cc1. The number of hydrogen-bond donors (Lipinski definition) is 2. The Morgan fingerprint density at radius 2 is 1.70 bits per heavy atom. The highest BCUT2D eigenvalue weighted by atomic mass is 35.5. The van der Waals surface area contributed by atoms with Crippen LogP contribution in [0.3, 0.4) is 0 Å². The number of anilines is 2. The van der Waals surface area contributed by atoms with Crippen LogP contribution in [0.2, 0.25) is 0 Å². The first-order valence-electron chi connectivity index (χ1n) is 6.97. The Morgan fingerprint density at radius 1 is 1.11 bits per heavy atom. The molecule has 0 spiro atoms. The van der Waals surface area contributed by atoms with Gasteiger partial charge in [0.05, 0.1) is 21.4 Å². The van der Waals surface area contributed by atoms with Crippen molar-refractivity contribution in [1.82, 2.24) is 0 Å². The number of amides is 1. The Morgan fingerprint density at radius 3 is 2.22 bits per heavy atom. The number of rotatable bonds is 6. The van der Waals surface area contributed by atoms with Crippen LogP contribution >= 0.6 is 46.1 Å². The van der Waals surface area contributed by atoms with E-state index < -0.39 is 31.4 Å². The summed E-state index contributed by atoms with van der Waals surface area (Å²) in [5.74, 6) is -2.25. The molecule has 7 nitrogen and oxygen atoms in total. The zero-order valence-corrected chi connectivity index (χ0v) is 17.3. The number of halogens is 3. The van der Waals surface area contributed by atoms with Gasteiger partial charge < -0.3 is 15.2 Å². The molecule has 0 unspecified atom stereocenters. The van der Waals surface area contributed by atoms with Crippen molar-refractivity contribution in [1.29, 1.82) is 0 Å². The summed E-state index contributed by atoms with van der Waals surface area (Å²) in [6, 6.07) is 5.08. The number of sulfonamides is 1. The monoisotopic (exact) mass is 467 g/mol. The molecule has 0 aliphatic carbocycles. The number of benzene rings is 1. The van der Waals surface area contributed by atoms with Gasteiger partial charge in [-0.3, -0.25) is 9.52 Å². The lowest BCUT2D eigenvalue weighted by atomic mass is 10.3. The second-order valence-electron chi connectivity index (χ2n) is 5.07. The van der Waals surface area contributed by atoms with Gasteiger partial charge in [-0.15, -0.1) is 11.3 Å².